The molecule has 1 unspecified atom stereocenters. The number of nitrogens with one attached hydrogen (secondary N) is 1. The number of phenols is 1. The third kappa shape index (κ3) is 4.72. The molecular weight excluding hydrogens is 229 g/mol. The summed E-state index contributed by atoms with van der Waals surface area (Å²) in [5.74, 6) is 0.388. The van der Waals surface area contributed by atoms with Gasteiger partial charge in [-0.2, -0.15) is 0 Å². The van der Waals surface area contributed by atoms with E-state index in [1.165, 1.54) is 18.2 Å². The van der Waals surface area contributed by atoms with Crippen molar-refractivity contribution in [1.82, 2.24) is 5.32 Å². The molecule has 3 nitrogen and oxygen atoms in total. The summed E-state index contributed by atoms with van der Waals surface area (Å²) in [5.41, 5.74) is 0.539. The van der Waals surface area contributed by atoms with Gasteiger partial charge in [-0.1, -0.05) is 0 Å². The van der Waals surface area contributed by atoms with Crippen LogP contribution in [-0.4, -0.2) is 27.9 Å². The Morgan fingerprint density at radius 3 is 2.94 bits per heavy atom. The zero-order valence-electron chi connectivity index (χ0n) is 9.20. The molecular formula is C11H16FNO2S. The molecule has 0 aliphatic heterocycles. The highest BCUT2D eigenvalue weighted by atomic mass is 32.2. The van der Waals surface area contributed by atoms with Crippen molar-refractivity contribution < 1.29 is 13.7 Å². The van der Waals surface area contributed by atoms with E-state index in [1.54, 1.807) is 6.26 Å². The molecule has 0 aliphatic rings. The molecule has 2 N–H and O–H groups in total. The van der Waals surface area contributed by atoms with Crippen molar-refractivity contribution in [3.05, 3.63) is 29.6 Å². The third-order valence-electron chi connectivity index (χ3n) is 2.14. The van der Waals surface area contributed by atoms with E-state index < -0.39 is 10.8 Å². The third-order valence-corrected chi connectivity index (χ3v) is 3.01. The lowest BCUT2D eigenvalue weighted by Gasteiger charge is -2.06. The van der Waals surface area contributed by atoms with Crippen LogP contribution in [0, 0.1) is 5.82 Å². The molecule has 0 radical (unpaired) electrons. The van der Waals surface area contributed by atoms with Crippen molar-refractivity contribution in [1.29, 1.82) is 0 Å². The fourth-order valence-electron chi connectivity index (χ4n) is 1.32. The van der Waals surface area contributed by atoms with Crippen LogP contribution in [0.2, 0.25) is 0 Å². The number of benzene rings is 1. The van der Waals surface area contributed by atoms with Crippen LogP contribution in [-0.2, 0) is 17.3 Å². The highest BCUT2D eigenvalue weighted by molar-refractivity contribution is 7.84. The van der Waals surface area contributed by atoms with Crippen molar-refractivity contribution in [2.75, 3.05) is 18.6 Å². The summed E-state index contributed by atoms with van der Waals surface area (Å²) in [4.78, 5) is 0. The largest absolute Gasteiger partial charge is 0.508 e. The van der Waals surface area contributed by atoms with Crippen LogP contribution in [0.4, 0.5) is 4.39 Å². The van der Waals surface area contributed by atoms with Gasteiger partial charge in [0, 0.05) is 34.9 Å². The average molecular weight is 245 g/mol. The van der Waals surface area contributed by atoms with Gasteiger partial charge in [0.1, 0.15) is 11.6 Å². The maximum Gasteiger partial charge on any atom is 0.123 e. The van der Waals surface area contributed by atoms with Crippen molar-refractivity contribution in [2.45, 2.75) is 13.0 Å². The fraction of sp³-hybridized carbons (Fsp3) is 0.455. The van der Waals surface area contributed by atoms with Crippen LogP contribution in [0.25, 0.3) is 0 Å². The number of rotatable bonds is 6. The van der Waals surface area contributed by atoms with Crippen molar-refractivity contribution in [3.8, 4) is 5.75 Å². The van der Waals surface area contributed by atoms with Crippen LogP contribution < -0.4 is 5.32 Å². The highest BCUT2D eigenvalue weighted by Gasteiger charge is 2.02. The molecule has 0 spiro atoms. The first-order chi connectivity index (χ1) is 7.59. The Balaban J connectivity index is 2.31. The maximum absolute atomic E-state index is 12.8. The Morgan fingerprint density at radius 1 is 1.50 bits per heavy atom. The van der Waals surface area contributed by atoms with Crippen molar-refractivity contribution >= 4 is 10.8 Å². The highest BCUT2D eigenvalue weighted by Crippen LogP contribution is 2.17. The average Bonchev–Trinajstić information content (AvgIpc) is 2.22. The Bertz CT molecular complexity index is 371. The number of aromatic hydroxyl groups is 1. The first-order valence-electron chi connectivity index (χ1n) is 5.07. The molecule has 0 aliphatic carbocycles. The molecule has 0 fully saturated rings. The minimum absolute atomic E-state index is 0.0907. The first kappa shape index (κ1) is 13.1. The van der Waals surface area contributed by atoms with E-state index in [4.69, 9.17) is 0 Å². The second-order valence-electron chi connectivity index (χ2n) is 3.58. The van der Waals surface area contributed by atoms with E-state index in [-0.39, 0.29) is 11.6 Å². The number of phenolic OH excluding ortho intramolecular Hbond substituents is 1. The molecule has 1 atom stereocenters. The number of halogens is 1. The molecule has 1 aromatic carbocycles. The van der Waals surface area contributed by atoms with Gasteiger partial charge in [0.2, 0.25) is 0 Å². The predicted molar refractivity (Wildman–Crippen MR) is 63.3 cm³/mol. The summed E-state index contributed by atoms with van der Waals surface area (Å²) in [5, 5.41) is 12.5. The molecule has 5 heteroatoms. The molecule has 0 aromatic heterocycles. The van der Waals surface area contributed by atoms with Gasteiger partial charge in [-0.25, -0.2) is 4.39 Å². The van der Waals surface area contributed by atoms with Gasteiger partial charge in [-0.15, -0.1) is 0 Å². The van der Waals surface area contributed by atoms with Crippen molar-refractivity contribution in [2.24, 2.45) is 0 Å². The van der Waals surface area contributed by atoms with E-state index in [2.05, 4.69) is 5.32 Å². The summed E-state index contributed by atoms with van der Waals surface area (Å²) in [6.45, 7) is 1.12. The van der Waals surface area contributed by atoms with Crippen molar-refractivity contribution in [3.63, 3.8) is 0 Å². The molecule has 16 heavy (non-hydrogen) atoms. The SMILES string of the molecule is CS(=O)CCCNCc1cc(F)ccc1O. The topological polar surface area (TPSA) is 49.3 Å². The summed E-state index contributed by atoms with van der Waals surface area (Å²) in [7, 11) is -0.771. The Labute approximate surface area is 97.1 Å². The Morgan fingerprint density at radius 2 is 2.25 bits per heavy atom. The van der Waals surface area contributed by atoms with Gasteiger partial charge < -0.3 is 10.4 Å². The number of hydrogen-bond donors (Lipinski definition) is 2. The monoisotopic (exact) mass is 245 g/mol. The van der Waals surface area contributed by atoms with E-state index in [0.717, 1.165) is 6.42 Å². The Kier molecular flexibility index (Phi) is 5.42. The molecule has 0 saturated heterocycles. The molecule has 0 saturated carbocycles. The van der Waals surface area contributed by atoms with Crippen LogP contribution in [0.5, 0.6) is 5.75 Å². The Hall–Kier alpha value is -0.940. The normalized spacial score (nSPS) is 12.6. The number of hydrogen-bond acceptors (Lipinski definition) is 3. The van der Waals surface area contributed by atoms with E-state index >= 15 is 0 Å². The molecule has 0 bridgehead atoms. The van der Waals surface area contributed by atoms with Gasteiger partial charge in [0.05, 0.1) is 0 Å². The lowest BCUT2D eigenvalue weighted by Crippen LogP contribution is -2.16. The lowest BCUT2D eigenvalue weighted by atomic mass is 10.2. The van der Waals surface area contributed by atoms with Gasteiger partial charge >= 0.3 is 0 Å². The first-order valence-corrected chi connectivity index (χ1v) is 6.80. The molecule has 1 aromatic rings. The predicted octanol–water partition coefficient (Wildman–Crippen LogP) is 1.39. The van der Waals surface area contributed by atoms with E-state index in [9.17, 15) is 13.7 Å². The summed E-state index contributed by atoms with van der Waals surface area (Å²) >= 11 is 0. The van der Waals surface area contributed by atoms with Gasteiger partial charge in [-0.3, -0.25) is 4.21 Å². The molecule has 90 valence electrons. The molecule has 0 heterocycles. The lowest BCUT2D eigenvalue weighted by molar-refractivity contribution is 0.461. The van der Waals surface area contributed by atoms with Gasteiger partial charge in [0.15, 0.2) is 0 Å². The second kappa shape index (κ2) is 6.60. The minimum atomic E-state index is -0.771. The smallest absolute Gasteiger partial charge is 0.123 e. The van der Waals surface area contributed by atoms with Gasteiger partial charge in [-0.05, 0) is 31.2 Å². The van der Waals surface area contributed by atoms with E-state index in [0.29, 0.717) is 24.4 Å². The van der Waals surface area contributed by atoms with Crippen LogP contribution in [0.15, 0.2) is 18.2 Å². The van der Waals surface area contributed by atoms with E-state index in [1.807, 2.05) is 0 Å². The van der Waals surface area contributed by atoms with Crippen LogP contribution in [0.1, 0.15) is 12.0 Å². The maximum atomic E-state index is 12.8. The molecule has 0 amide bonds. The fourth-order valence-corrected chi connectivity index (χ4v) is 1.87. The van der Waals surface area contributed by atoms with Gasteiger partial charge in [0.25, 0.3) is 0 Å². The molecule has 1 rings (SSSR count). The summed E-state index contributed by atoms with van der Waals surface area (Å²) in [6.07, 6.45) is 2.47. The van der Waals surface area contributed by atoms with Crippen LogP contribution in [0.3, 0.4) is 0 Å². The standard InChI is InChI=1S/C11H16FNO2S/c1-16(15)6-2-5-13-8-9-7-10(12)3-4-11(9)14/h3-4,7,13-14H,2,5-6,8H2,1H3. The van der Waals surface area contributed by atoms with Crippen LogP contribution >= 0.6 is 0 Å². The minimum Gasteiger partial charge on any atom is -0.508 e. The summed E-state index contributed by atoms with van der Waals surface area (Å²) < 4.78 is 23.6. The second-order valence-corrected chi connectivity index (χ2v) is 5.14. The quantitative estimate of drug-likeness (QED) is 0.745. The zero-order chi connectivity index (χ0) is 12.0. The zero-order valence-corrected chi connectivity index (χ0v) is 10.0. The summed E-state index contributed by atoms with van der Waals surface area (Å²) in [6, 6.07) is 3.87.